The molecule has 9 heteroatoms. The first-order chi connectivity index (χ1) is 38.6. The first kappa shape index (κ1) is 76.0. The Bertz CT molecular complexity index is 1480. The molecule has 0 spiro atoms. The van der Waals surface area contributed by atoms with Crippen molar-refractivity contribution in [1.29, 1.82) is 0 Å². The molecule has 0 fully saturated rings. The molecule has 2 atom stereocenters. The van der Waals surface area contributed by atoms with Gasteiger partial charge in [-0.25, -0.2) is 4.79 Å². The Kier molecular flexibility index (Phi) is 58.7. The van der Waals surface area contributed by atoms with Crippen LogP contribution >= 0.6 is 0 Å². The number of carbonyl (C=O) groups is 3. The number of nitrogens with zero attached hydrogens (tertiary/aromatic N) is 1. The van der Waals surface area contributed by atoms with E-state index < -0.39 is 24.3 Å². The predicted octanol–water partition coefficient (Wildman–Crippen LogP) is 20.4. The molecular weight excluding hydrogens is 983 g/mol. The fourth-order valence-electron chi connectivity index (χ4n) is 9.58. The van der Waals surface area contributed by atoms with E-state index in [0.29, 0.717) is 17.4 Å². The second kappa shape index (κ2) is 61.1. The highest BCUT2D eigenvalue weighted by atomic mass is 16.7. The molecule has 0 heterocycles. The van der Waals surface area contributed by atoms with Crippen molar-refractivity contribution in [3.8, 4) is 0 Å². The van der Waals surface area contributed by atoms with E-state index in [1.165, 1.54) is 212 Å². The van der Waals surface area contributed by atoms with Gasteiger partial charge in [0.25, 0.3) is 6.29 Å². The van der Waals surface area contributed by atoms with E-state index in [0.717, 1.165) is 70.6 Å². The molecule has 0 amide bonds. The van der Waals surface area contributed by atoms with Crippen LogP contribution in [0.5, 0.6) is 0 Å². The number of allylic oxidation sites excluding steroid dienone is 10. The maximum absolute atomic E-state index is 12.9. The second-order valence-corrected chi connectivity index (χ2v) is 23.8. The average Bonchev–Trinajstić information content (AvgIpc) is 3.42. The molecule has 0 saturated carbocycles. The van der Waals surface area contributed by atoms with Gasteiger partial charge in [-0.2, -0.15) is 0 Å². The fraction of sp³-hybridized carbons (Fsp3) is 0.814. The van der Waals surface area contributed by atoms with E-state index in [1.54, 1.807) is 0 Å². The molecule has 0 bridgehead atoms. The van der Waals surface area contributed by atoms with Gasteiger partial charge < -0.3 is 28.5 Å². The van der Waals surface area contributed by atoms with Crippen LogP contribution in [-0.2, 0) is 33.3 Å². The molecule has 2 unspecified atom stereocenters. The Balaban J connectivity index is 4.02. The highest BCUT2D eigenvalue weighted by Gasteiger charge is 2.25. The Hall–Kier alpha value is -3.01. The lowest BCUT2D eigenvalue weighted by molar-refractivity contribution is -0.870. The van der Waals surface area contributed by atoms with Crippen LogP contribution in [0.3, 0.4) is 0 Å². The van der Waals surface area contributed by atoms with E-state index >= 15 is 0 Å². The van der Waals surface area contributed by atoms with Crippen molar-refractivity contribution < 1.29 is 42.9 Å². The number of rotatable bonds is 62. The molecule has 0 aromatic heterocycles. The lowest BCUT2D eigenvalue weighted by Crippen LogP contribution is -2.40. The number of carbonyl (C=O) groups excluding carboxylic acids is 2. The van der Waals surface area contributed by atoms with Gasteiger partial charge in [-0.15, -0.1) is 0 Å². The molecule has 9 nitrogen and oxygen atoms in total. The number of hydrogen-bond acceptors (Lipinski definition) is 7. The van der Waals surface area contributed by atoms with Crippen LogP contribution in [0.1, 0.15) is 309 Å². The van der Waals surface area contributed by atoms with E-state index in [9.17, 15) is 19.5 Å². The van der Waals surface area contributed by atoms with Gasteiger partial charge in [0.2, 0.25) is 0 Å². The monoisotopic (exact) mass is 1110 g/mol. The molecule has 460 valence electrons. The van der Waals surface area contributed by atoms with Gasteiger partial charge in [-0.3, -0.25) is 9.59 Å². The summed E-state index contributed by atoms with van der Waals surface area (Å²) < 4.78 is 22.9. The largest absolute Gasteiger partial charge is 0.477 e. The quantitative estimate of drug-likeness (QED) is 0.0211. The minimum absolute atomic E-state index is 0.184. The lowest BCUT2D eigenvalue weighted by Gasteiger charge is -2.25. The Labute approximate surface area is 488 Å². The van der Waals surface area contributed by atoms with Crippen molar-refractivity contribution in [2.75, 3.05) is 47.5 Å². The number of quaternary nitrogens is 1. The standard InChI is InChI=1S/C70H127NO8/c1-6-8-10-12-14-16-18-20-22-24-25-26-27-28-29-30-31-32-33-34-35-36-37-38-39-40-41-42-43-45-47-49-51-53-55-57-59-61-68(73)79-66(65-78-70(69(74)75)76-63-62-71(3,4)5)64-77-67(72)60-58-56-54-52-50-48-46-44-23-21-19-17-15-13-11-9-7-2/h15,17-18,20-21,23-25,27-28,66,70H,6-14,16,19,22,26,29-65H2,1-5H3/p+1/b17-15-,20-18-,23-21-,25-24-,28-27-. The maximum Gasteiger partial charge on any atom is 0.361 e. The number of esters is 2. The number of unbranched alkanes of at least 4 members (excludes halogenated alkanes) is 37. The van der Waals surface area contributed by atoms with Crippen LogP contribution < -0.4 is 0 Å². The number of hydrogen-bond donors (Lipinski definition) is 1. The summed E-state index contributed by atoms with van der Waals surface area (Å²) >= 11 is 0. The fourth-order valence-corrected chi connectivity index (χ4v) is 9.58. The molecule has 0 rings (SSSR count). The smallest absolute Gasteiger partial charge is 0.361 e. The summed E-state index contributed by atoms with van der Waals surface area (Å²) in [5.41, 5.74) is 0. The highest BCUT2D eigenvalue weighted by molar-refractivity contribution is 5.71. The second-order valence-electron chi connectivity index (χ2n) is 23.8. The Morgan fingerprint density at radius 2 is 0.684 bits per heavy atom. The first-order valence-corrected chi connectivity index (χ1v) is 33.5. The molecule has 0 saturated heterocycles. The van der Waals surface area contributed by atoms with Crippen molar-refractivity contribution in [3.63, 3.8) is 0 Å². The summed E-state index contributed by atoms with van der Waals surface area (Å²) in [6.07, 6.45) is 76.2. The molecule has 0 aliphatic rings. The molecule has 1 N–H and O–H groups in total. The summed E-state index contributed by atoms with van der Waals surface area (Å²) in [7, 11) is 5.98. The van der Waals surface area contributed by atoms with Crippen molar-refractivity contribution in [3.05, 3.63) is 60.8 Å². The van der Waals surface area contributed by atoms with Crippen LogP contribution in [0.15, 0.2) is 60.8 Å². The van der Waals surface area contributed by atoms with Gasteiger partial charge in [0.1, 0.15) is 13.2 Å². The minimum Gasteiger partial charge on any atom is -0.477 e. The summed E-state index contributed by atoms with van der Waals surface area (Å²) in [6.45, 7) is 4.86. The van der Waals surface area contributed by atoms with E-state index in [2.05, 4.69) is 74.6 Å². The normalized spacial score (nSPS) is 13.1. The zero-order chi connectivity index (χ0) is 57.6. The number of aliphatic carboxylic acids is 1. The van der Waals surface area contributed by atoms with Crippen LogP contribution in [0.25, 0.3) is 0 Å². The van der Waals surface area contributed by atoms with Crippen LogP contribution in [0.2, 0.25) is 0 Å². The van der Waals surface area contributed by atoms with Crippen molar-refractivity contribution >= 4 is 17.9 Å². The summed E-state index contributed by atoms with van der Waals surface area (Å²) in [5, 5.41) is 9.72. The van der Waals surface area contributed by atoms with Crippen LogP contribution in [0, 0.1) is 0 Å². The van der Waals surface area contributed by atoms with Crippen molar-refractivity contribution in [1.82, 2.24) is 0 Å². The third-order valence-corrected chi connectivity index (χ3v) is 14.7. The van der Waals surface area contributed by atoms with E-state index in [4.69, 9.17) is 18.9 Å². The van der Waals surface area contributed by atoms with Crippen molar-refractivity contribution in [2.24, 2.45) is 0 Å². The number of carboxylic acids is 1. The van der Waals surface area contributed by atoms with Gasteiger partial charge in [-0.1, -0.05) is 274 Å². The van der Waals surface area contributed by atoms with Crippen LogP contribution in [0.4, 0.5) is 0 Å². The zero-order valence-electron chi connectivity index (χ0n) is 52.5. The predicted molar refractivity (Wildman–Crippen MR) is 336 cm³/mol. The third kappa shape index (κ3) is 62.4. The third-order valence-electron chi connectivity index (χ3n) is 14.7. The molecule has 0 aliphatic heterocycles. The molecule has 0 aromatic carbocycles. The maximum atomic E-state index is 12.9. The Morgan fingerprint density at radius 1 is 0.380 bits per heavy atom. The van der Waals surface area contributed by atoms with E-state index in [1.807, 2.05) is 21.1 Å². The zero-order valence-corrected chi connectivity index (χ0v) is 52.5. The minimum atomic E-state index is -1.51. The lowest BCUT2D eigenvalue weighted by atomic mass is 10.0. The molecule has 0 aromatic rings. The topological polar surface area (TPSA) is 108 Å². The highest BCUT2D eigenvalue weighted by Crippen LogP contribution is 2.18. The van der Waals surface area contributed by atoms with Crippen molar-refractivity contribution in [2.45, 2.75) is 322 Å². The average molecular weight is 1110 g/mol. The van der Waals surface area contributed by atoms with Crippen LogP contribution in [-0.4, -0.2) is 87.4 Å². The van der Waals surface area contributed by atoms with Gasteiger partial charge in [-0.05, 0) is 83.5 Å². The summed E-state index contributed by atoms with van der Waals surface area (Å²) in [5.74, 6) is -2.00. The number of ether oxygens (including phenoxy) is 4. The number of carboxylic acid groups (broad SMARTS) is 1. The van der Waals surface area contributed by atoms with Gasteiger partial charge in [0, 0.05) is 12.8 Å². The summed E-state index contributed by atoms with van der Waals surface area (Å²) in [6, 6.07) is 0. The first-order valence-electron chi connectivity index (χ1n) is 33.5. The van der Waals surface area contributed by atoms with Gasteiger partial charge in [0.15, 0.2) is 6.10 Å². The summed E-state index contributed by atoms with van der Waals surface area (Å²) in [4.78, 5) is 37.5. The molecule has 0 aliphatic carbocycles. The number of likely N-dealkylation sites (N-methyl/N-ethyl adjacent to an activating group) is 1. The molecular formula is C70H128NO8+. The molecule has 79 heavy (non-hydrogen) atoms. The molecule has 0 radical (unpaired) electrons. The SMILES string of the molecule is CCCCC/C=C\C/C=C\CCCCCCCCCC(=O)OCC(COC(OCC[N+](C)(C)C)C(=O)O)OC(=O)CCCCCCCCCCCCCCCCCCCCCCCC/C=C\C/C=C\C/C=C\CCCCCCC. The van der Waals surface area contributed by atoms with Gasteiger partial charge in [0.05, 0.1) is 34.4 Å². The van der Waals surface area contributed by atoms with Gasteiger partial charge >= 0.3 is 17.9 Å². The Morgan fingerprint density at radius 3 is 1.04 bits per heavy atom. The van der Waals surface area contributed by atoms with E-state index in [-0.39, 0.29) is 32.2 Å².